The molecule has 3 heterocycles. The molecule has 4 amide bonds. The molecule has 9 nitrogen and oxygen atoms in total. The van der Waals surface area contributed by atoms with Gasteiger partial charge in [0.15, 0.2) is 0 Å². The summed E-state index contributed by atoms with van der Waals surface area (Å²) >= 11 is 0. The van der Waals surface area contributed by atoms with Crippen LogP contribution in [0.25, 0.3) is 0 Å². The van der Waals surface area contributed by atoms with Crippen molar-refractivity contribution in [2.75, 3.05) is 13.1 Å². The quantitative estimate of drug-likeness (QED) is 0.717. The summed E-state index contributed by atoms with van der Waals surface area (Å²) < 4.78 is 10.9. The zero-order valence-corrected chi connectivity index (χ0v) is 18.8. The van der Waals surface area contributed by atoms with Gasteiger partial charge in [0.25, 0.3) is 11.8 Å². The Labute approximate surface area is 186 Å². The van der Waals surface area contributed by atoms with Gasteiger partial charge in [-0.3, -0.25) is 14.5 Å². The Kier molecular flexibility index (Phi) is 5.66. The number of carbonyl (C=O) groups excluding carboxylic acids is 3. The van der Waals surface area contributed by atoms with Gasteiger partial charge in [0, 0.05) is 24.7 Å². The molecule has 0 unspecified atom stereocenters. The van der Waals surface area contributed by atoms with Crippen molar-refractivity contribution in [1.29, 1.82) is 0 Å². The molecule has 1 N–H and O–H groups in total. The number of aryl methyl sites for hydroxylation is 2. The fourth-order valence-electron chi connectivity index (χ4n) is 4.28. The number of rotatable bonds is 5. The van der Waals surface area contributed by atoms with Gasteiger partial charge in [0.05, 0.1) is 11.3 Å². The van der Waals surface area contributed by atoms with Gasteiger partial charge in [0.2, 0.25) is 0 Å². The van der Waals surface area contributed by atoms with Gasteiger partial charge in [-0.1, -0.05) is 5.16 Å². The van der Waals surface area contributed by atoms with Gasteiger partial charge < -0.3 is 19.5 Å². The molecule has 0 atom stereocenters. The van der Waals surface area contributed by atoms with Gasteiger partial charge in [-0.05, 0) is 64.8 Å². The van der Waals surface area contributed by atoms with Crippen LogP contribution in [-0.2, 0) is 11.4 Å². The average molecular weight is 441 g/mol. The summed E-state index contributed by atoms with van der Waals surface area (Å²) in [6, 6.07) is 6.45. The first kappa shape index (κ1) is 21.9. The molecule has 32 heavy (non-hydrogen) atoms. The average Bonchev–Trinajstić information content (AvgIpc) is 3.21. The van der Waals surface area contributed by atoms with Crippen molar-refractivity contribution in [3.8, 4) is 5.75 Å². The molecule has 2 aliphatic heterocycles. The monoisotopic (exact) mass is 440 g/mol. The number of urea groups is 1. The lowest BCUT2D eigenvalue weighted by Crippen LogP contribution is -2.56. The number of nitrogens with one attached hydrogen (secondary N) is 1. The van der Waals surface area contributed by atoms with E-state index in [0.717, 1.165) is 17.0 Å². The van der Waals surface area contributed by atoms with Crippen molar-refractivity contribution >= 4 is 17.8 Å². The fourth-order valence-corrected chi connectivity index (χ4v) is 4.28. The fraction of sp³-hybridized carbons (Fsp3) is 0.478. The predicted molar refractivity (Wildman–Crippen MR) is 115 cm³/mol. The highest BCUT2D eigenvalue weighted by Crippen LogP contribution is 2.31. The lowest BCUT2D eigenvalue weighted by Gasteiger charge is -2.37. The number of amides is 4. The molecule has 2 aliphatic rings. The Balaban J connectivity index is 1.35. The largest absolute Gasteiger partial charge is 0.489 e. The van der Waals surface area contributed by atoms with Crippen LogP contribution >= 0.6 is 0 Å². The Morgan fingerprint density at radius 2 is 1.84 bits per heavy atom. The van der Waals surface area contributed by atoms with Crippen LogP contribution in [0.1, 0.15) is 54.1 Å². The first-order valence-electron chi connectivity index (χ1n) is 10.8. The minimum absolute atomic E-state index is 0.102. The first-order valence-corrected chi connectivity index (χ1v) is 10.8. The van der Waals surface area contributed by atoms with Crippen molar-refractivity contribution in [1.82, 2.24) is 20.3 Å². The maximum absolute atomic E-state index is 12.9. The molecule has 2 fully saturated rings. The minimum atomic E-state index is -0.895. The van der Waals surface area contributed by atoms with Crippen molar-refractivity contribution in [2.45, 2.75) is 58.7 Å². The summed E-state index contributed by atoms with van der Waals surface area (Å²) in [4.78, 5) is 41.0. The highest BCUT2D eigenvalue weighted by atomic mass is 16.5. The van der Waals surface area contributed by atoms with Crippen LogP contribution in [0.15, 0.2) is 28.8 Å². The number of benzene rings is 1. The van der Waals surface area contributed by atoms with E-state index in [-0.39, 0.29) is 23.9 Å². The number of hydrogen-bond acceptors (Lipinski definition) is 6. The lowest BCUT2D eigenvalue weighted by molar-refractivity contribution is -0.133. The van der Waals surface area contributed by atoms with Crippen LogP contribution < -0.4 is 10.1 Å². The minimum Gasteiger partial charge on any atom is -0.489 e. The number of carbonyl (C=O) groups is 3. The van der Waals surface area contributed by atoms with E-state index < -0.39 is 5.54 Å². The molecule has 2 aromatic rings. The topological polar surface area (TPSA) is 105 Å². The third kappa shape index (κ3) is 3.83. The van der Waals surface area contributed by atoms with E-state index in [4.69, 9.17) is 9.26 Å². The molecule has 1 aromatic heterocycles. The number of hydrogen-bond donors (Lipinski definition) is 1. The Morgan fingerprint density at radius 3 is 2.38 bits per heavy atom. The second kappa shape index (κ2) is 8.29. The van der Waals surface area contributed by atoms with Gasteiger partial charge in [-0.15, -0.1) is 0 Å². The predicted octanol–water partition coefficient (Wildman–Crippen LogP) is 2.81. The van der Waals surface area contributed by atoms with Crippen molar-refractivity contribution in [2.24, 2.45) is 0 Å². The van der Waals surface area contributed by atoms with Crippen LogP contribution in [0.4, 0.5) is 4.79 Å². The van der Waals surface area contributed by atoms with Crippen LogP contribution in [0.3, 0.4) is 0 Å². The standard InChI is InChI=1S/C23H28N4O5/c1-14(2)27-21(29)23(24-22(27)30)9-11-26(12-10-23)20(28)17-5-7-18(8-6-17)31-13-19-15(3)25-32-16(19)4/h5-8,14H,9-13H2,1-4H3,(H,24,30). The van der Waals surface area contributed by atoms with Crippen molar-refractivity contribution in [3.05, 3.63) is 46.8 Å². The van der Waals surface area contributed by atoms with E-state index >= 15 is 0 Å². The molecule has 9 heteroatoms. The third-order valence-corrected chi connectivity index (χ3v) is 6.28. The molecular formula is C23H28N4O5. The lowest BCUT2D eigenvalue weighted by atomic mass is 9.87. The van der Waals surface area contributed by atoms with Crippen LogP contribution in [0, 0.1) is 13.8 Å². The van der Waals surface area contributed by atoms with Crippen LogP contribution in [-0.4, -0.2) is 57.5 Å². The van der Waals surface area contributed by atoms with Crippen LogP contribution in [0.5, 0.6) is 5.75 Å². The molecule has 1 aromatic carbocycles. The maximum Gasteiger partial charge on any atom is 0.325 e. The Bertz CT molecular complexity index is 1020. The van der Waals surface area contributed by atoms with E-state index in [1.807, 2.05) is 27.7 Å². The second-order valence-corrected chi connectivity index (χ2v) is 8.69. The molecule has 0 aliphatic carbocycles. The number of nitrogens with zero attached hydrogens (tertiary/aromatic N) is 3. The number of likely N-dealkylation sites (tertiary alicyclic amines) is 1. The summed E-state index contributed by atoms with van der Waals surface area (Å²) in [5, 5.41) is 6.78. The zero-order chi connectivity index (χ0) is 23.0. The molecule has 170 valence electrons. The zero-order valence-electron chi connectivity index (χ0n) is 18.8. The van der Waals surface area contributed by atoms with E-state index in [1.54, 1.807) is 29.2 Å². The number of aromatic nitrogens is 1. The third-order valence-electron chi connectivity index (χ3n) is 6.28. The summed E-state index contributed by atoms with van der Waals surface area (Å²) in [5.41, 5.74) is 1.37. The Hall–Kier alpha value is -3.36. The summed E-state index contributed by atoms with van der Waals surface area (Å²) in [6.45, 7) is 8.49. The highest BCUT2D eigenvalue weighted by molar-refractivity contribution is 6.07. The number of imide groups is 1. The van der Waals surface area contributed by atoms with E-state index in [1.165, 1.54) is 4.90 Å². The molecule has 0 bridgehead atoms. The SMILES string of the molecule is Cc1noc(C)c1COc1ccc(C(=O)N2CCC3(CC2)NC(=O)N(C(C)C)C3=O)cc1. The molecular weight excluding hydrogens is 412 g/mol. The van der Waals surface area contributed by atoms with Crippen molar-refractivity contribution in [3.63, 3.8) is 0 Å². The smallest absolute Gasteiger partial charge is 0.325 e. The molecule has 0 saturated carbocycles. The number of ether oxygens (including phenoxy) is 1. The van der Waals surface area contributed by atoms with E-state index in [0.29, 0.717) is 43.9 Å². The molecule has 1 spiro atoms. The van der Waals surface area contributed by atoms with Gasteiger partial charge >= 0.3 is 6.03 Å². The van der Waals surface area contributed by atoms with Gasteiger partial charge in [-0.25, -0.2) is 4.79 Å². The first-order chi connectivity index (χ1) is 15.2. The van der Waals surface area contributed by atoms with E-state index in [2.05, 4.69) is 10.5 Å². The van der Waals surface area contributed by atoms with Gasteiger partial charge in [-0.2, -0.15) is 0 Å². The highest BCUT2D eigenvalue weighted by Gasteiger charge is 2.53. The Morgan fingerprint density at radius 1 is 1.19 bits per heavy atom. The molecule has 2 saturated heterocycles. The summed E-state index contributed by atoms with van der Waals surface area (Å²) in [6.07, 6.45) is 0.816. The van der Waals surface area contributed by atoms with Crippen LogP contribution in [0.2, 0.25) is 0 Å². The summed E-state index contributed by atoms with van der Waals surface area (Å²) in [7, 11) is 0. The molecule has 4 rings (SSSR count). The van der Waals surface area contributed by atoms with E-state index in [9.17, 15) is 14.4 Å². The van der Waals surface area contributed by atoms with Crippen molar-refractivity contribution < 1.29 is 23.6 Å². The number of piperidine rings is 1. The summed E-state index contributed by atoms with van der Waals surface area (Å²) in [5.74, 6) is 1.08. The second-order valence-electron chi connectivity index (χ2n) is 8.69. The normalized spacial score (nSPS) is 17.9. The maximum atomic E-state index is 12.9. The molecule has 0 radical (unpaired) electrons. The van der Waals surface area contributed by atoms with Gasteiger partial charge in [0.1, 0.15) is 23.7 Å².